The Balaban J connectivity index is 1.81. The van der Waals surface area contributed by atoms with Crippen molar-refractivity contribution in [1.29, 1.82) is 0 Å². The third-order valence-electron chi connectivity index (χ3n) is 2.99. The molecule has 5 nitrogen and oxygen atoms in total. The Morgan fingerprint density at radius 2 is 2.28 bits per heavy atom. The minimum Gasteiger partial charge on any atom is -0.360 e. The van der Waals surface area contributed by atoms with E-state index in [1.165, 1.54) is 0 Å². The van der Waals surface area contributed by atoms with Gasteiger partial charge in [0.25, 0.3) is 0 Å². The van der Waals surface area contributed by atoms with Crippen molar-refractivity contribution in [2.75, 3.05) is 0 Å². The smallest absolute Gasteiger partial charge is 0.150 e. The van der Waals surface area contributed by atoms with Crippen LogP contribution < -0.4 is 5.32 Å². The molecule has 0 bridgehead atoms. The van der Waals surface area contributed by atoms with E-state index in [9.17, 15) is 0 Å². The van der Waals surface area contributed by atoms with Crippen LogP contribution >= 0.6 is 0 Å². The summed E-state index contributed by atoms with van der Waals surface area (Å²) in [7, 11) is 0. The summed E-state index contributed by atoms with van der Waals surface area (Å²) in [5.41, 5.74) is 1.96. The van der Waals surface area contributed by atoms with Crippen LogP contribution in [0.2, 0.25) is 0 Å². The Kier molecular flexibility index (Phi) is 4.15. The molecule has 5 heteroatoms. The zero-order valence-electron chi connectivity index (χ0n) is 11.2. The molecule has 0 saturated carbocycles. The molecule has 1 atom stereocenters. The zero-order valence-corrected chi connectivity index (χ0v) is 11.2. The Bertz CT molecular complexity index is 489. The molecule has 0 saturated heterocycles. The van der Waals surface area contributed by atoms with Gasteiger partial charge in [0, 0.05) is 24.8 Å². The molecule has 0 aliphatic heterocycles. The average molecular weight is 248 g/mol. The molecular weight excluding hydrogens is 228 g/mol. The van der Waals surface area contributed by atoms with E-state index in [4.69, 9.17) is 4.52 Å². The largest absolute Gasteiger partial charge is 0.360 e. The van der Waals surface area contributed by atoms with Crippen LogP contribution in [-0.2, 0) is 13.1 Å². The van der Waals surface area contributed by atoms with Gasteiger partial charge in [0.15, 0.2) is 5.76 Å². The van der Waals surface area contributed by atoms with Gasteiger partial charge in [-0.3, -0.25) is 4.68 Å². The molecule has 2 rings (SSSR count). The van der Waals surface area contributed by atoms with Crippen LogP contribution in [0.3, 0.4) is 0 Å². The first-order valence-electron chi connectivity index (χ1n) is 6.36. The lowest BCUT2D eigenvalue weighted by Gasteiger charge is -2.08. The lowest BCUT2D eigenvalue weighted by atomic mass is 10.3. The van der Waals surface area contributed by atoms with Crippen LogP contribution in [-0.4, -0.2) is 14.9 Å². The lowest BCUT2D eigenvalue weighted by molar-refractivity contribution is 0.369. The average Bonchev–Trinajstić information content (AvgIpc) is 2.98. The van der Waals surface area contributed by atoms with E-state index >= 15 is 0 Å². The molecule has 2 heterocycles. The van der Waals surface area contributed by atoms with E-state index in [2.05, 4.69) is 29.4 Å². The normalized spacial score (nSPS) is 12.8. The standard InChI is InChI=1S/C13H20N4O/c1-4-11(3)17-6-5-12(15-17)8-14-9-13-7-10(2)16-18-13/h5-7,11,14H,4,8-9H2,1-3H3. The molecule has 18 heavy (non-hydrogen) atoms. The van der Waals surface area contributed by atoms with Gasteiger partial charge in [0.1, 0.15) is 0 Å². The molecule has 0 aliphatic carbocycles. The van der Waals surface area contributed by atoms with Crippen LogP contribution in [0.25, 0.3) is 0 Å². The summed E-state index contributed by atoms with van der Waals surface area (Å²) in [4.78, 5) is 0. The first kappa shape index (κ1) is 12.8. The maximum atomic E-state index is 5.12. The fourth-order valence-corrected chi connectivity index (χ4v) is 1.72. The summed E-state index contributed by atoms with van der Waals surface area (Å²) in [5, 5.41) is 11.7. The summed E-state index contributed by atoms with van der Waals surface area (Å²) in [5.74, 6) is 0.855. The van der Waals surface area contributed by atoms with Crippen LogP contribution in [0.1, 0.15) is 43.5 Å². The Hall–Kier alpha value is -1.62. The fourth-order valence-electron chi connectivity index (χ4n) is 1.72. The van der Waals surface area contributed by atoms with Crippen molar-refractivity contribution in [3.05, 3.63) is 35.5 Å². The van der Waals surface area contributed by atoms with E-state index in [1.807, 2.05) is 29.9 Å². The fraction of sp³-hybridized carbons (Fsp3) is 0.538. The molecule has 1 unspecified atom stereocenters. The Labute approximate surface area is 107 Å². The lowest BCUT2D eigenvalue weighted by Crippen LogP contribution is -2.13. The molecule has 0 radical (unpaired) electrons. The van der Waals surface area contributed by atoms with Crippen LogP contribution in [0.5, 0.6) is 0 Å². The zero-order chi connectivity index (χ0) is 13.0. The maximum Gasteiger partial charge on any atom is 0.150 e. The summed E-state index contributed by atoms with van der Waals surface area (Å²) < 4.78 is 7.13. The van der Waals surface area contributed by atoms with Crippen molar-refractivity contribution in [1.82, 2.24) is 20.3 Å². The van der Waals surface area contributed by atoms with Gasteiger partial charge in [-0.25, -0.2) is 0 Å². The number of rotatable bonds is 6. The third-order valence-corrected chi connectivity index (χ3v) is 2.99. The molecule has 0 fully saturated rings. The van der Waals surface area contributed by atoms with E-state index in [0.29, 0.717) is 12.6 Å². The van der Waals surface area contributed by atoms with Crippen molar-refractivity contribution in [3.8, 4) is 0 Å². The topological polar surface area (TPSA) is 55.9 Å². The molecule has 0 amide bonds. The summed E-state index contributed by atoms with van der Waals surface area (Å²) >= 11 is 0. The molecule has 98 valence electrons. The summed E-state index contributed by atoms with van der Waals surface area (Å²) in [6.07, 6.45) is 3.12. The molecular formula is C13H20N4O. The number of nitrogens with zero attached hydrogens (tertiary/aromatic N) is 3. The monoisotopic (exact) mass is 248 g/mol. The van der Waals surface area contributed by atoms with Gasteiger partial charge >= 0.3 is 0 Å². The van der Waals surface area contributed by atoms with Crippen molar-refractivity contribution in [3.63, 3.8) is 0 Å². The quantitative estimate of drug-likeness (QED) is 0.853. The van der Waals surface area contributed by atoms with Gasteiger partial charge < -0.3 is 9.84 Å². The predicted molar refractivity (Wildman–Crippen MR) is 69.0 cm³/mol. The highest BCUT2D eigenvalue weighted by Gasteiger charge is 2.05. The van der Waals surface area contributed by atoms with Gasteiger partial charge in [-0.1, -0.05) is 12.1 Å². The SMILES string of the molecule is CCC(C)n1ccc(CNCc2cc(C)no2)n1. The van der Waals surface area contributed by atoms with Gasteiger partial charge in [0.2, 0.25) is 0 Å². The van der Waals surface area contributed by atoms with Crippen LogP contribution in [0, 0.1) is 6.92 Å². The molecule has 0 spiro atoms. The number of hydrogen-bond donors (Lipinski definition) is 1. The number of hydrogen-bond acceptors (Lipinski definition) is 4. The minimum atomic E-state index is 0.454. The van der Waals surface area contributed by atoms with Crippen LogP contribution in [0.4, 0.5) is 0 Å². The van der Waals surface area contributed by atoms with Gasteiger partial charge in [-0.05, 0) is 26.3 Å². The van der Waals surface area contributed by atoms with E-state index in [-0.39, 0.29) is 0 Å². The molecule has 0 aromatic carbocycles. The van der Waals surface area contributed by atoms with Crippen molar-refractivity contribution in [2.45, 2.75) is 46.3 Å². The van der Waals surface area contributed by atoms with Crippen molar-refractivity contribution >= 4 is 0 Å². The molecule has 1 N–H and O–H groups in total. The Morgan fingerprint density at radius 1 is 1.44 bits per heavy atom. The predicted octanol–water partition coefficient (Wildman–Crippen LogP) is 2.44. The highest BCUT2D eigenvalue weighted by molar-refractivity contribution is 5.03. The van der Waals surface area contributed by atoms with Crippen molar-refractivity contribution in [2.24, 2.45) is 0 Å². The first-order chi connectivity index (χ1) is 8.69. The van der Waals surface area contributed by atoms with Crippen molar-refractivity contribution < 1.29 is 4.52 Å². The molecule has 2 aromatic rings. The highest BCUT2D eigenvalue weighted by atomic mass is 16.5. The first-order valence-corrected chi connectivity index (χ1v) is 6.36. The Morgan fingerprint density at radius 3 is 2.94 bits per heavy atom. The highest BCUT2D eigenvalue weighted by Crippen LogP contribution is 2.09. The molecule has 0 aliphatic rings. The van der Waals surface area contributed by atoms with Gasteiger partial charge in [0.05, 0.1) is 17.9 Å². The van der Waals surface area contributed by atoms with E-state index in [0.717, 1.165) is 30.1 Å². The number of nitrogens with one attached hydrogen (secondary N) is 1. The summed E-state index contributed by atoms with van der Waals surface area (Å²) in [6.45, 7) is 7.67. The van der Waals surface area contributed by atoms with Gasteiger partial charge in [-0.15, -0.1) is 0 Å². The second-order valence-corrected chi connectivity index (χ2v) is 4.58. The van der Waals surface area contributed by atoms with E-state index < -0.39 is 0 Å². The number of aromatic nitrogens is 3. The molecule has 2 aromatic heterocycles. The third kappa shape index (κ3) is 3.20. The van der Waals surface area contributed by atoms with Gasteiger partial charge in [-0.2, -0.15) is 5.10 Å². The summed E-state index contributed by atoms with van der Waals surface area (Å²) in [6, 6.07) is 4.44. The van der Waals surface area contributed by atoms with Crippen LogP contribution in [0.15, 0.2) is 22.9 Å². The second-order valence-electron chi connectivity index (χ2n) is 4.58. The maximum absolute atomic E-state index is 5.12. The van der Waals surface area contributed by atoms with E-state index in [1.54, 1.807) is 0 Å². The number of aryl methyl sites for hydroxylation is 1. The second kappa shape index (κ2) is 5.82. The minimum absolute atomic E-state index is 0.454.